The van der Waals surface area contributed by atoms with Crippen LogP contribution in [0, 0.1) is 0 Å². The maximum atomic E-state index is 13.4. The van der Waals surface area contributed by atoms with E-state index in [1.165, 1.54) is 11.5 Å². The minimum absolute atomic E-state index is 0.102. The monoisotopic (exact) mass is 467 g/mol. The molecule has 174 valence electrons. The Morgan fingerprint density at radius 3 is 2.71 bits per heavy atom. The minimum Gasteiger partial charge on any atom is -0.493 e. The molecule has 0 unspecified atom stereocenters. The number of benzene rings is 2. The molecule has 0 aliphatic rings. The van der Waals surface area contributed by atoms with Crippen molar-refractivity contribution in [1.29, 1.82) is 0 Å². The third kappa shape index (κ3) is 4.60. The maximum absolute atomic E-state index is 13.4. The van der Waals surface area contributed by atoms with E-state index in [9.17, 15) is 9.59 Å². The lowest BCUT2D eigenvalue weighted by atomic mass is 10.2. The van der Waals surface area contributed by atoms with Gasteiger partial charge < -0.3 is 20.1 Å². The first-order valence-corrected chi connectivity index (χ1v) is 10.8. The molecular formula is C26H21N5O4. The van der Waals surface area contributed by atoms with Gasteiger partial charge in [0.1, 0.15) is 11.6 Å². The number of anilines is 2. The molecule has 0 atom stereocenters. The third-order valence-corrected chi connectivity index (χ3v) is 5.36. The Bertz CT molecular complexity index is 1580. The second-order valence-corrected chi connectivity index (χ2v) is 7.61. The Hall–Kier alpha value is -4.92. The molecule has 0 bridgehead atoms. The van der Waals surface area contributed by atoms with Gasteiger partial charge in [-0.3, -0.25) is 14.2 Å². The molecule has 3 aromatic heterocycles. The van der Waals surface area contributed by atoms with Crippen molar-refractivity contribution in [3.63, 3.8) is 0 Å². The second-order valence-electron chi connectivity index (χ2n) is 7.61. The minimum atomic E-state index is -0.686. The van der Waals surface area contributed by atoms with Gasteiger partial charge in [0.25, 0.3) is 5.56 Å². The number of hydrogen-bond donors (Lipinski definition) is 2. The summed E-state index contributed by atoms with van der Waals surface area (Å²) in [5.74, 6) is 1.13. The van der Waals surface area contributed by atoms with E-state index in [4.69, 9.17) is 9.47 Å². The predicted octanol–water partition coefficient (Wildman–Crippen LogP) is 4.28. The van der Waals surface area contributed by atoms with E-state index in [1.54, 1.807) is 48.8 Å². The van der Waals surface area contributed by atoms with Gasteiger partial charge in [-0.2, -0.15) is 0 Å². The summed E-state index contributed by atoms with van der Waals surface area (Å²) in [7, 11) is 1.51. The number of rotatable bonds is 6. The summed E-state index contributed by atoms with van der Waals surface area (Å²) in [4.78, 5) is 34.8. The lowest BCUT2D eigenvalue weighted by molar-refractivity contribution is 0.200. The topological polar surface area (TPSA) is 107 Å². The SMILES string of the molecule is COc1cccn2c(=O)c(CNC(=O)Oc3ccccc3)c(Nc3ccc4ncccc4c3)nc12. The normalized spacial score (nSPS) is 10.8. The van der Waals surface area contributed by atoms with Crippen LogP contribution in [0.5, 0.6) is 11.5 Å². The van der Waals surface area contributed by atoms with Crippen LogP contribution in [-0.4, -0.2) is 27.6 Å². The summed E-state index contributed by atoms with van der Waals surface area (Å²) in [5, 5.41) is 6.79. The quantitative estimate of drug-likeness (QED) is 0.384. The second kappa shape index (κ2) is 9.52. The van der Waals surface area contributed by atoms with Crippen LogP contribution in [0.4, 0.5) is 16.3 Å². The van der Waals surface area contributed by atoms with E-state index >= 15 is 0 Å². The Balaban J connectivity index is 1.51. The summed E-state index contributed by atoms with van der Waals surface area (Å²) in [6.07, 6.45) is 2.64. The van der Waals surface area contributed by atoms with Crippen molar-refractivity contribution in [2.45, 2.75) is 6.54 Å². The van der Waals surface area contributed by atoms with Crippen LogP contribution in [-0.2, 0) is 6.54 Å². The number of nitrogens with one attached hydrogen (secondary N) is 2. The van der Waals surface area contributed by atoms with E-state index < -0.39 is 6.09 Å². The van der Waals surface area contributed by atoms with E-state index in [0.29, 0.717) is 28.7 Å². The molecule has 0 radical (unpaired) electrons. The van der Waals surface area contributed by atoms with E-state index in [0.717, 1.165) is 10.9 Å². The van der Waals surface area contributed by atoms with E-state index in [1.807, 2.05) is 36.4 Å². The number of methoxy groups -OCH3 is 1. The van der Waals surface area contributed by atoms with Crippen LogP contribution < -0.4 is 25.7 Å². The molecule has 9 heteroatoms. The lowest BCUT2D eigenvalue weighted by Gasteiger charge is -2.15. The molecule has 0 aliphatic heterocycles. The molecular weight excluding hydrogens is 446 g/mol. The van der Waals surface area contributed by atoms with Crippen molar-refractivity contribution in [3.8, 4) is 11.5 Å². The van der Waals surface area contributed by atoms with Crippen molar-refractivity contribution in [2.75, 3.05) is 12.4 Å². The first-order valence-electron chi connectivity index (χ1n) is 10.8. The van der Waals surface area contributed by atoms with Crippen molar-refractivity contribution >= 4 is 34.1 Å². The Kier molecular flexibility index (Phi) is 5.96. The van der Waals surface area contributed by atoms with E-state index in [-0.39, 0.29) is 17.7 Å². The Labute approximate surface area is 200 Å². The number of nitrogens with zero attached hydrogens (tertiary/aromatic N) is 3. The molecule has 5 rings (SSSR count). The van der Waals surface area contributed by atoms with Crippen molar-refractivity contribution in [2.24, 2.45) is 0 Å². The van der Waals surface area contributed by atoms with Gasteiger partial charge in [0.2, 0.25) is 0 Å². The van der Waals surface area contributed by atoms with Crippen LogP contribution in [0.25, 0.3) is 16.6 Å². The van der Waals surface area contributed by atoms with Crippen molar-refractivity contribution in [3.05, 3.63) is 101 Å². The van der Waals surface area contributed by atoms with Gasteiger partial charge in [0.05, 0.1) is 24.7 Å². The molecule has 5 aromatic rings. The molecule has 1 amide bonds. The van der Waals surface area contributed by atoms with E-state index in [2.05, 4.69) is 20.6 Å². The first kappa shape index (κ1) is 21.9. The molecule has 35 heavy (non-hydrogen) atoms. The molecule has 3 heterocycles. The zero-order valence-corrected chi connectivity index (χ0v) is 18.8. The highest BCUT2D eigenvalue weighted by Crippen LogP contribution is 2.24. The number of fused-ring (bicyclic) bond motifs is 2. The number of carbonyl (C=O) groups excluding carboxylic acids is 1. The van der Waals surface area contributed by atoms with Gasteiger partial charge in [0, 0.05) is 23.5 Å². The largest absolute Gasteiger partial charge is 0.493 e. The zero-order valence-electron chi connectivity index (χ0n) is 18.8. The number of aromatic nitrogens is 3. The number of hydrogen-bond acceptors (Lipinski definition) is 7. The highest BCUT2D eigenvalue weighted by Gasteiger charge is 2.17. The highest BCUT2D eigenvalue weighted by atomic mass is 16.6. The average molecular weight is 467 g/mol. The predicted molar refractivity (Wildman–Crippen MR) is 132 cm³/mol. The van der Waals surface area contributed by atoms with Crippen LogP contribution in [0.1, 0.15) is 5.56 Å². The van der Waals surface area contributed by atoms with Crippen molar-refractivity contribution < 1.29 is 14.3 Å². The lowest BCUT2D eigenvalue weighted by Crippen LogP contribution is -2.31. The fraction of sp³-hybridized carbons (Fsp3) is 0.0769. The van der Waals surface area contributed by atoms with Gasteiger partial charge in [-0.05, 0) is 48.5 Å². The number of carbonyl (C=O) groups is 1. The number of amides is 1. The number of ether oxygens (including phenoxy) is 2. The van der Waals surface area contributed by atoms with Crippen molar-refractivity contribution in [1.82, 2.24) is 19.7 Å². The highest BCUT2D eigenvalue weighted by molar-refractivity contribution is 5.83. The molecule has 9 nitrogen and oxygen atoms in total. The molecule has 0 spiro atoms. The molecule has 2 N–H and O–H groups in total. The summed E-state index contributed by atoms with van der Waals surface area (Å²) in [6.45, 7) is -0.102. The zero-order chi connectivity index (χ0) is 24.2. The smallest absolute Gasteiger partial charge is 0.412 e. The Morgan fingerprint density at radius 2 is 1.89 bits per heavy atom. The number of para-hydroxylation sites is 1. The van der Waals surface area contributed by atoms with Crippen LogP contribution in [0.15, 0.2) is 90.0 Å². The van der Waals surface area contributed by atoms with Crippen LogP contribution in [0.2, 0.25) is 0 Å². The Morgan fingerprint density at radius 1 is 1.03 bits per heavy atom. The fourth-order valence-electron chi connectivity index (χ4n) is 3.68. The maximum Gasteiger partial charge on any atom is 0.412 e. The molecule has 0 saturated heterocycles. The van der Waals surface area contributed by atoms with Gasteiger partial charge in [0.15, 0.2) is 11.4 Å². The summed E-state index contributed by atoms with van der Waals surface area (Å²) < 4.78 is 12.1. The van der Waals surface area contributed by atoms with Crippen LogP contribution in [0.3, 0.4) is 0 Å². The van der Waals surface area contributed by atoms with Gasteiger partial charge in [-0.25, -0.2) is 9.78 Å². The standard InChI is InChI=1S/C26H21N5O4/c1-34-22-10-6-14-31-24(22)30-23(29-18-11-12-21-17(15-18)7-5-13-27-21)20(25(31)32)16-28-26(33)35-19-8-3-2-4-9-19/h2-15,29H,16H2,1H3,(H,28,33). The summed E-state index contributed by atoms with van der Waals surface area (Å²) in [6, 6.07) is 21.5. The molecule has 2 aromatic carbocycles. The fourth-order valence-corrected chi connectivity index (χ4v) is 3.68. The number of pyridine rings is 2. The molecule has 0 fully saturated rings. The third-order valence-electron chi connectivity index (χ3n) is 5.36. The van der Waals surface area contributed by atoms with Gasteiger partial charge in [-0.1, -0.05) is 24.3 Å². The molecule has 0 aliphatic carbocycles. The summed E-state index contributed by atoms with van der Waals surface area (Å²) in [5.41, 5.74) is 1.81. The average Bonchev–Trinajstić information content (AvgIpc) is 2.88. The summed E-state index contributed by atoms with van der Waals surface area (Å²) >= 11 is 0. The van der Waals surface area contributed by atoms with Crippen LogP contribution >= 0.6 is 0 Å². The van der Waals surface area contributed by atoms with Gasteiger partial charge in [-0.15, -0.1) is 0 Å². The first-order chi connectivity index (χ1) is 17.1. The van der Waals surface area contributed by atoms with Gasteiger partial charge >= 0.3 is 6.09 Å². The molecule has 0 saturated carbocycles.